The summed E-state index contributed by atoms with van der Waals surface area (Å²) in [6.45, 7) is 0. The molecule has 0 amide bonds. The summed E-state index contributed by atoms with van der Waals surface area (Å²) in [5.74, 6) is 0.546. The minimum Gasteiger partial charge on any atom is -0.294 e. The van der Waals surface area contributed by atoms with Crippen LogP contribution in [0.15, 0.2) is 24.3 Å². The third-order valence-corrected chi connectivity index (χ3v) is 3.22. The molecule has 0 atom stereocenters. The summed E-state index contributed by atoms with van der Waals surface area (Å²) in [4.78, 5) is 11.8. The number of hydrogen-bond acceptors (Lipinski definition) is 1. The zero-order valence-electron chi connectivity index (χ0n) is 10.6. The maximum Gasteiger partial charge on any atom is 0.162 e. The average molecular weight is 271 g/mol. The van der Waals surface area contributed by atoms with Crippen LogP contribution in [-0.4, -0.2) is 11.7 Å². The number of ketones is 1. The highest BCUT2D eigenvalue weighted by Crippen LogP contribution is 2.11. The van der Waals surface area contributed by atoms with Gasteiger partial charge in [-0.2, -0.15) is 0 Å². The fourth-order valence-corrected chi connectivity index (χ4v) is 2.06. The van der Waals surface area contributed by atoms with E-state index in [0.717, 1.165) is 31.6 Å². The van der Waals surface area contributed by atoms with E-state index >= 15 is 0 Å². The Hall–Kier alpha value is -0.890. The highest BCUT2D eigenvalue weighted by molar-refractivity contribution is 6.17. The molecule has 1 aromatic carbocycles. The Labute approximate surface area is 113 Å². The molecule has 0 radical (unpaired) electrons. The lowest BCUT2D eigenvalue weighted by molar-refractivity contribution is 0.0979. The van der Waals surface area contributed by atoms with Crippen molar-refractivity contribution in [2.24, 2.45) is 0 Å². The Morgan fingerprint density at radius 1 is 0.944 bits per heavy atom. The Balaban J connectivity index is 2.12. The highest BCUT2D eigenvalue weighted by Gasteiger charge is 2.05. The van der Waals surface area contributed by atoms with Gasteiger partial charge in [0, 0.05) is 17.9 Å². The fraction of sp³-hybridized carbons (Fsp3) is 0.533. The molecule has 1 nitrogen and oxygen atoms in total. The second kappa shape index (κ2) is 9.09. The maximum atomic E-state index is 12.7. The first-order chi connectivity index (χ1) is 8.74. The van der Waals surface area contributed by atoms with Crippen LogP contribution in [0.2, 0.25) is 0 Å². The topological polar surface area (TPSA) is 17.1 Å². The van der Waals surface area contributed by atoms with Gasteiger partial charge in [-0.1, -0.05) is 25.7 Å². The zero-order valence-corrected chi connectivity index (χ0v) is 11.4. The van der Waals surface area contributed by atoms with Gasteiger partial charge >= 0.3 is 0 Å². The van der Waals surface area contributed by atoms with Gasteiger partial charge in [0.1, 0.15) is 5.82 Å². The summed E-state index contributed by atoms with van der Waals surface area (Å²) in [5.41, 5.74) is 0.610. The van der Waals surface area contributed by atoms with Crippen LogP contribution in [0.5, 0.6) is 0 Å². The molecule has 100 valence electrons. The molecule has 0 fully saturated rings. The molecule has 0 aliphatic rings. The van der Waals surface area contributed by atoms with Gasteiger partial charge in [0.15, 0.2) is 5.78 Å². The van der Waals surface area contributed by atoms with Gasteiger partial charge in [0.25, 0.3) is 0 Å². The van der Waals surface area contributed by atoms with Gasteiger partial charge in [0.2, 0.25) is 0 Å². The number of benzene rings is 1. The zero-order chi connectivity index (χ0) is 13.2. The van der Waals surface area contributed by atoms with E-state index in [2.05, 4.69) is 0 Å². The molecule has 0 saturated carbocycles. The predicted molar refractivity (Wildman–Crippen MR) is 73.8 cm³/mol. The van der Waals surface area contributed by atoms with E-state index in [1.807, 2.05) is 0 Å². The summed E-state index contributed by atoms with van der Waals surface area (Å²) >= 11 is 5.59. The number of rotatable bonds is 9. The number of carbonyl (C=O) groups is 1. The normalized spacial score (nSPS) is 10.6. The van der Waals surface area contributed by atoms with E-state index in [-0.39, 0.29) is 11.6 Å². The third-order valence-electron chi connectivity index (χ3n) is 2.95. The molecule has 0 aliphatic heterocycles. The molecular weight excluding hydrogens is 251 g/mol. The molecule has 0 aliphatic carbocycles. The molecule has 3 heteroatoms. The number of unbranched alkanes of at least 4 members (excludes halogenated alkanes) is 5. The van der Waals surface area contributed by atoms with Crippen molar-refractivity contribution in [3.63, 3.8) is 0 Å². The molecule has 0 unspecified atom stereocenters. The standard InChI is InChI=1S/C15H20ClFO/c16-12-6-4-2-1-3-5-7-15(18)13-8-10-14(17)11-9-13/h8-11H,1-7,12H2. The van der Waals surface area contributed by atoms with Crippen molar-refractivity contribution in [3.05, 3.63) is 35.6 Å². The lowest BCUT2D eigenvalue weighted by Crippen LogP contribution is -1.98. The van der Waals surface area contributed by atoms with Gasteiger partial charge in [-0.15, -0.1) is 11.6 Å². The van der Waals surface area contributed by atoms with Crippen LogP contribution in [0.4, 0.5) is 4.39 Å². The van der Waals surface area contributed by atoms with Crippen LogP contribution < -0.4 is 0 Å². The Morgan fingerprint density at radius 3 is 2.11 bits per heavy atom. The number of alkyl halides is 1. The number of hydrogen-bond donors (Lipinski definition) is 0. The summed E-state index contributed by atoms with van der Waals surface area (Å²) in [5, 5.41) is 0. The largest absolute Gasteiger partial charge is 0.294 e. The van der Waals surface area contributed by atoms with Crippen molar-refractivity contribution >= 4 is 17.4 Å². The van der Waals surface area contributed by atoms with E-state index in [1.165, 1.54) is 25.0 Å². The molecule has 0 spiro atoms. The first-order valence-corrected chi connectivity index (χ1v) is 7.12. The van der Waals surface area contributed by atoms with E-state index < -0.39 is 0 Å². The van der Waals surface area contributed by atoms with Crippen molar-refractivity contribution in [2.45, 2.75) is 44.9 Å². The summed E-state index contributed by atoms with van der Waals surface area (Å²) in [6, 6.07) is 5.77. The highest BCUT2D eigenvalue weighted by atomic mass is 35.5. The van der Waals surface area contributed by atoms with Crippen molar-refractivity contribution in [2.75, 3.05) is 5.88 Å². The Bertz CT molecular complexity index is 348. The molecule has 0 N–H and O–H groups in total. The summed E-state index contributed by atoms with van der Waals surface area (Å²) in [7, 11) is 0. The van der Waals surface area contributed by atoms with Crippen LogP contribution in [0.25, 0.3) is 0 Å². The van der Waals surface area contributed by atoms with Crippen molar-refractivity contribution in [1.29, 1.82) is 0 Å². The molecule has 0 saturated heterocycles. The average Bonchev–Trinajstić information content (AvgIpc) is 2.38. The van der Waals surface area contributed by atoms with E-state index in [1.54, 1.807) is 12.1 Å². The van der Waals surface area contributed by atoms with Gasteiger partial charge in [0.05, 0.1) is 0 Å². The smallest absolute Gasteiger partial charge is 0.162 e. The summed E-state index contributed by atoms with van der Waals surface area (Å²) < 4.78 is 12.7. The molecule has 1 aromatic rings. The van der Waals surface area contributed by atoms with Gasteiger partial charge in [-0.25, -0.2) is 4.39 Å². The minimum atomic E-state index is -0.300. The van der Waals surface area contributed by atoms with Crippen molar-refractivity contribution in [1.82, 2.24) is 0 Å². The third kappa shape index (κ3) is 6.15. The molecule has 0 heterocycles. The molecule has 0 aromatic heterocycles. The maximum absolute atomic E-state index is 12.7. The van der Waals surface area contributed by atoms with Crippen LogP contribution in [-0.2, 0) is 0 Å². The van der Waals surface area contributed by atoms with Crippen molar-refractivity contribution in [3.8, 4) is 0 Å². The Kier molecular flexibility index (Phi) is 7.66. The summed E-state index contributed by atoms with van der Waals surface area (Å²) in [6.07, 6.45) is 7.16. The monoisotopic (exact) mass is 270 g/mol. The molecule has 1 rings (SSSR count). The fourth-order valence-electron chi connectivity index (χ4n) is 1.87. The molecule has 18 heavy (non-hydrogen) atoms. The quantitative estimate of drug-likeness (QED) is 0.351. The van der Waals surface area contributed by atoms with Crippen LogP contribution in [0, 0.1) is 5.82 Å². The lowest BCUT2D eigenvalue weighted by Gasteiger charge is -2.02. The van der Waals surface area contributed by atoms with E-state index in [9.17, 15) is 9.18 Å². The minimum absolute atomic E-state index is 0.107. The van der Waals surface area contributed by atoms with Gasteiger partial charge in [-0.3, -0.25) is 4.79 Å². The SMILES string of the molecule is O=C(CCCCCCCCCl)c1ccc(F)cc1. The first-order valence-electron chi connectivity index (χ1n) is 6.59. The van der Waals surface area contributed by atoms with E-state index in [0.29, 0.717) is 12.0 Å². The van der Waals surface area contributed by atoms with E-state index in [4.69, 9.17) is 11.6 Å². The van der Waals surface area contributed by atoms with Gasteiger partial charge < -0.3 is 0 Å². The van der Waals surface area contributed by atoms with Crippen LogP contribution in [0.3, 0.4) is 0 Å². The van der Waals surface area contributed by atoms with Crippen LogP contribution in [0.1, 0.15) is 55.3 Å². The number of Topliss-reactive ketones (excluding diaryl/α,β-unsaturated/α-hetero) is 1. The number of carbonyl (C=O) groups excluding carboxylic acids is 1. The number of halogens is 2. The Morgan fingerprint density at radius 2 is 1.50 bits per heavy atom. The van der Waals surface area contributed by atoms with Gasteiger partial charge in [-0.05, 0) is 37.1 Å². The lowest BCUT2D eigenvalue weighted by atomic mass is 10.0. The molecule has 0 bridgehead atoms. The second-order valence-corrected chi connectivity index (χ2v) is 4.87. The molecular formula is C15H20ClFO. The van der Waals surface area contributed by atoms with Crippen molar-refractivity contribution < 1.29 is 9.18 Å². The first kappa shape index (κ1) is 15.2. The van der Waals surface area contributed by atoms with Crippen LogP contribution >= 0.6 is 11.6 Å². The predicted octanol–water partition coefficient (Wildman–Crippen LogP) is 4.98. The second-order valence-electron chi connectivity index (χ2n) is 4.49.